The van der Waals surface area contributed by atoms with Gasteiger partial charge in [0.25, 0.3) is 0 Å². The van der Waals surface area contributed by atoms with Gasteiger partial charge in [-0.2, -0.15) is 0 Å². The first kappa shape index (κ1) is 66.1. The van der Waals surface area contributed by atoms with Crippen LogP contribution >= 0.6 is 0 Å². The lowest BCUT2D eigenvalue weighted by Gasteiger charge is -2.56. The predicted octanol–water partition coefficient (Wildman–Crippen LogP) is 7.65. The van der Waals surface area contributed by atoms with Crippen LogP contribution in [0.5, 0.6) is 17.2 Å². The summed E-state index contributed by atoms with van der Waals surface area (Å²) in [5, 5.41) is 15.7. The van der Waals surface area contributed by atoms with E-state index in [1.807, 2.05) is 63.2 Å². The molecule has 2 fully saturated rings. The number of ether oxygens (including phenoxy) is 5. The van der Waals surface area contributed by atoms with E-state index in [0.29, 0.717) is 59.8 Å². The first-order valence-corrected chi connectivity index (χ1v) is 33.1. The Morgan fingerprint density at radius 1 is 0.933 bits per heavy atom. The number of nitrogens with zero attached hydrogens (tertiary/aromatic N) is 3. The summed E-state index contributed by atoms with van der Waals surface area (Å²) in [6.45, 7) is 11.9. The maximum atomic E-state index is 14.9. The number of piperidine rings is 2. The van der Waals surface area contributed by atoms with Crippen LogP contribution in [-0.4, -0.2) is 146 Å². The Labute approximate surface area is 522 Å². The van der Waals surface area contributed by atoms with Crippen LogP contribution in [0.2, 0.25) is 0 Å². The van der Waals surface area contributed by atoms with E-state index in [2.05, 4.69) is 33.6 Å². The standard InChI is InChI=1S/C67H88N6O15S/c1-39(74)19-26-56(76)71-50(18-14-30-69-55(68)38-89(82,83)61-41(3)40(2)59-48(42(61)4)36-66(5,6)88-59)52(75)23-21-47-33-45(63(78)70-29-13-12-17-46(64(79)80)35-57(77)85-37-43-15-10-9-11-16-43)27-31-73(47)65(81)86-54-25-22-49-51-34-44-20-24-53(84-8)60-58(44)67(49,62(54)87-60)28-32-72(51)7/h9-11,15-16,20,24-25,45-47,49-51,62H,12-14,17-19,21-23,26-38H2,1-8H3,(H2,68,69)(H,70,78)(H,71,76)(H,79,80)/t45?,46-,47?,49+,50+,51-,62+,67+/m1/s1. The Morgan fingerprint density at radius 2 is 1.70 bits per heavy atom. The number of carboxylic acid groups (broad SMARTS) is 1. The molecule has 2 saturated heterocycles. The number of benzene rings is 3. The lowest BCUT2D eigenvalue weighted by Crippen LogP contribution is -2.63. The second kappa shape index (κ2) is 27.8. The third-order valence-corrected chi connectivity index (χ3v) is 21.2. The van der Waals surface area contributed by atoms with Crippen LogP contribution in [0.4, 0.5) is 4.79 Å². The van der Waals surface area contributed by atoms with E-state index in [9.17, 15) is 47.1 Å². The average molecular weight is 1250 g/mol. The zero-order valence-electron chi connectivity index (χ0n) is 52.7. The zero-order valence-corrected chi connectivity index (χ0v) is 53.5. The number of Topliss-reactive ketones (excluding diaryl/α,β-unsaturated/α-hetero) is 2. The number of carboxylic acids is 1. The molecule has 0 radical (unpaired) electrons. The minimum absolute atomic E-state index is 0.0322. The summed E-state index contributed by atoms with van der Waals surface area (Å²) in [5.74, 6) is -2.63. The third kappa shape index (κ3) is 14.6. The molecule has 482 valence electrons. The SMILES string of the molecule is COc1ccc2c3c1O[C@H]1C(OC(=O)N4CCC(C(=O)NCCCC[C@H](CC(=O)OCc5ccccc5)C(=O)O)CC4CCC(=O)[C@H](CCCN=C(N)CS(=O)(=O)c4c(C)c(C)c5c(c4C)CC(C)(C)O5)NC(=O)CCC(C)=O)=CC[C@H]4[C@@H](C2)N(C)CC[C@]314. The molecular weight excluding hydrogens is 1160 g/mol. The smallest absolute Gasteiger partial charge is 0.415 e. The number of ketones is 2. The van der Waals surface area contributed by atoms with Gasteiger partial charge in [0, 0.05) is 79.9 Å². The monoisotopic (exact) mass is 1250 g/mol. The molecule has 4 heterocycles. The molecule has 2 aliphatic carbocycles. The van der Waals surface area contributed by atoms with Crippen molar-refractivity contribution in [3.8, 4) is 17.2 Å². The molecule has 3 aromatic rings. The number of nitrogens with one attached hydrogen (secondary N) is 2. The summed E-state index contributed by atoms with van der Waals surface area (Å²) in [4.78, 5) is 102. The molecule has 1 spiro atoms. The predicted molar refractivity (Wildman–Crippen MR) is 331 cm³/mol. The van der Waals surface area contributed by atoms with Gasteiger partial charge in [0.05, 0.1) is 30.4 Å². The second-order valence-electron chi connectivity index (χ2n) is 25.9. The van der Waals surface area contributed by atoms with E-state index in [4.69, 9.17) is 29.4 Å². The van der Waals surface area contributed by atoms with E-state index < -0.39 is 80.6 Å². The summed E-state index contributed by atoms with van der Waals surface area (Å²) < 4.78 is 58.8. The van der Waals surface area contributed by atoms with Gasteiger partial charge in [-0.05, 0) is 165 Å². The van der Waals surface area contributed by atoms with Crippen molar-refractivity contribution < 1.29 is 70.8 Å². The van der Waals surface area contributed by atoms with Gasteiger partial charge in [-0.25, -0.2) is 13.2 Å². The molecule has 6 aliphatic rings. The molecule has 9 rings (SSSR count). The Bertz CT molecular complexity index is 3400. The lowest BCUT2D eigenvalue weighted by atomic mass is 9.53. The van der Waals surface area contributed by atoms with Gasteiger partial charge in [-0.15, -0.1) is 0 Å². The summed E-state index contributed by atoms with van der Waals surface area (Å²) in [6.07, 6.45) is 4.92. The highest BCUT2D eigenvalue weighted by molar-refractivity contribution is 7.92. The Kier molecular flexibility index (Phi) is 20.7. The Balaban J connectivity index is 0.873. The number of aliphatic imine (C=N–C) groups is 1. The first-order valence-electron chi connectivity index (χ1n) is 31.4. The molecule has 8 atom stereocenters. The summed E-state index contributed by atoms with van der Waals surface area (Å²) in [5.41, 5.74) is 11.3. The highest BCUT2D eigenvalue weighted by Crippen LogP contribution is 2.64. The number of likely N-dealkylation sites (N-methyl/N-ethyl adjacent to an activating group) is 1. The molecule has 2 bridgehead atoms. The van der Waals surface area contributed by atoms with Gasteiger partial charge in [0.15, 0.2) is 33.2 Å². The molecule has 2 unspecified atom stereocenters. The summed E-state index contributed by atoms with van der Waals surface area (Å²) in [7, 11) is -0.184. The number of aliphatic carboxylic acids is 1. The Morgan fingerprint density at radius 3 is 2.43 bits per heavy atom. The van der Waals surface area contributed by atoms with Gasteiger partial charge in [-0.1, -0.05) is 42.8 Å². The fourth-order valence-electron chi connectivity index (χ4n) is 14.6. The first-order chi connectivity index (χ1) is 42.3. The van der Waals surface area contributed by atoms with E-state index in [1.54, 1.807) is 25.9 Å². The van der Waals surface area contributed by atoms with Crippen LogP contribution in [0.3, 0.4) is 0 Å². The molecule has 21 nitrogen and oxygen atoms in total. The van der Waals surface area contributed by atoms with Crippen molar-refractivity contribution in [2.45, 2.75) is 191 Å². The molecule has 4 aliphatic heterocycles. The van der Waals surface area contributed by atoms with Crippen LogP contribution in [0.25, 0.3) is 0 Å². The fraction of sp³-hybridized carbons (Fsp3) is 0.582. The molecule has 5 N–H and O–H groups in total. The number of hydrogen-bond acceptors (Lipinski definition) is 16. The zero-order chi connectivity index (χ0) is 64.1. The van der Waals surface area contributed by atoms with E-state index in [0.717, 1.165) is 41.6 Å². The fourth-order valence-corrected chi connectivity index (χ4v) is 16.4. The number of hydrogen-bond donors (Lipinski definition) is 4. The van der Waals surface area contributed by atoms with Crippen molar-refractivity contribution in [2.24, 2.45) is 28.5 Å². The van der Waals surface area contributed by atoms with E-state index in [1.165, 1.54) is 12.5 Å². The molecular formula is C67H88N6O15S. The van der Waals surface area contributed by atoms with Crippen LogP contribution in [0, 0.1) is 38.5 Å². The number of carbonyl (C=O) groups is 7. The van der Waals surface area contributed by atoms with Gasteiger partial charge in [-0.3, -0.25) is 29.0 Å². The normalized spacial score (nSPS) is 22.9. The molecule has 0 aromatic heterocycles. The van der Waals surface area contributed by atoms with Gasteiger partial charge in [0.1, 0.15) is 41.1 Å². The van der Waals surface area contributed by atoms with E-state index in [-0.39, 0.29) is 131 Å². The number of rotatable bonds is 28. The maximum Gasteiger partial charge on any atom is 0.415 e. The number of amidine groups is 1. The lowest BCUT2D eigenvalue weighted by molar-refractivity contribution is -0.152. The topological polar surface area (TPSA) is 289 Å². The largest absolute Gasteiger partial charge is 0.493 e. The van der Waals surface area contributed by atoms with Gasteiger partial charge in [0.2, 0.25) is 11.8 Å². The molecule has 3 aromatic carbocycles. The highest BCUT2D eigenvalue weighted by atomic mass is 32.2. The minimum Gasteiger partial charge on any atom is -0.493 e. The summed E-state index contributed by atoms with van der Waals surface area (Å²) >= 11 is 0. The van der Waals surface area contributed by atoms with Crippen molar-refractivity contribution >= 4 is 57.1 Å². The van der Waals surface area contributed by atoms with Gasteiger partial charge < -0.3 is 59.8 Å². The van der Waals surface area contributed by atoms with Crippen molar-refractivity contribution in [1.82, 2.24) is 20.4 Å². The molecule has 0 saturated carbocycles. The third-order valence-electron chi connectivity index (χ3n) is 19.3. The van der Waals surface area contributed by atoms with Crippen molar-refractivity contribution in [1.29, 1.82) is 0 Å². The number of fused-ring (bicyclic) bond motifs is 1. The number of unbranched alkanes of at least 4 members (excludes halogenated alkanes) is 1. The Hall–Kier alpha value is -7.33. The number of sulfone groups is 1. The number of carbonyl (C=O) groups excluding carboxylic acids is 6. The number of amides is 3. The van der Waals surface area contributed by atoms with Crippen LogP contribution in [-0.2, 0) is 72.9 Å². The van der Waals surface area contributed by atoms with Crippen molar-refractivity contribution in [3.63, 3.8) is 0 Å². The number of esters is 1. The number of nitrogens with two attached hydrogens (primary N) is 1. The van der Waals surface area contributed by atoms with E-state index >= 15 is 0 Å². The summed E-state index contributed by atoms with van der Waals surface area (Å²) in [6, 6.07) is 11.7. The molecule has 3 amide bonds. The maximum absolute atomic E-state index is 14.9. The minimum atomic E-state index is -3.95. The number of methoxy groups -OCH3 is 1. The van der Waals surface area contributed by atoms with Gasteiger partial charge >= 0.3 is 18.0 Å². The average Bonchev–Trinajstić information content (AvgIpc) is 1.59. The van der Waals surface area contributed by atoms with Crippen molar-refractivity contribution in [2.75, 3.05) is 46.1 Å². The number of allylic oxidation sites excluding steroid dienone is 1. The van der Waals surface area contributed by atoms with Crippen LogP contribution in [0.1, 0.15) is 150 Å². The van der Waals surface area contributed by atoms with Crippen LogP contribution < -0.4 is 30.6 Å². The highest BCUT2D eigenvalue weighted by Gasteiger charge is 2.65. The quantitative estimate of drug-likeness (QED) is 0.0235. The second-order valence-corrected chi connectivity index (χ2v) is 27.8. The van der Waals surface area contributed by atoms with Crippen molar-refractivity contribution in [3.05, 3.63) is 93.2 Å². The van der Waals surface area contributed by atoms with Crippen LogP contribution in [0.15, 0.2) is 64.2 Å². The number of likely N-dealkylation sites (tertiary alicyclic amines) is 2. The molecule has 89 heavy (non-hydrogen) atoms. The molecule has 22 heteroatoms.